The predicted molar refractivity (Wildman–Crippen MR) is 68.5 cm³/mol. The van der Waals surface area contributed by atoms with Crippen LogP contribution in [0.25, 0.3) is 0 Å². The summed E-state index contributed by atoms with van der Waals surface area (Å²) in [5.74, 6) is -0.662. The van der Waals surface area contributed by atoms with Crippen molar-refractivity contribution in [1.29, 1.82) is 0 Å². The van der Waals surface area contributed by atoms with E-state index in [9.17, 15) is 18.0 Å². The third-order valence-electron chi connectivity index (χ3n) is 2.96. The molecule has 0 atom stereocenters. The Kier molecular flexibility index (Phi) is 4.15. The molecule has 1 aromatic rings. The van der Waals surface area contributed by atoms with Crippen LogP contribution in [-0.4, -0.2) is 41.1 Å². The van der Waals surface area contributed by atoms with Gasteiger partial charge in [0, 0.05) is 24.5 Å². The van der Waals surface area contributed by atoms with Gasteiger partial charge in [0.05, 0.1) is 0 Å². The van der Waals surface area contributed by atoms with Gasteiger partial charge >= 0.3 is 6.18 Å². The summed E-state index contributed by atoms with van der Waals surface area (Å²) < 4.78 is 37.6. The summed E-state index contributed by atoms with van der Waals surface area (Å²) in [4.78, 5) is 17.0. The Hall–Kier alpha value is -1.79. The lowest BCUT2D eigenvalue weighted by Gasteiger charge is -2.23. The van der Waals surface area contributed by atoms with Crippen molar-refractivity contribution in [3.05, 3.63) is 24.0 Å². The highest BCUT2D eigenvalue weighted by Gasteiger charge is 2.41. The summed E-state index contributed by atoms with van der Waals surface area (Å²) in [6, 6.07) is 2.84. The second-order valence-corrected chi connectivity index (χ2v) is 4.74. The quantitative estimate of drug-likeness (QED) is 0.905. The minimum absolute atomic E-state index is 0.0413. The van der Waals surface area contributed by atoms with E-state index in [1.165, 1.54) is 12.3 Å². The minimum Gasteiger partial charge on any atom is -0.385 e. The van der Waals surface area contributed by atoms with Crippen molar-refractivity contribution >= 4 is 11.6 Å². The molecule has 1 aromatic heterocycles. The van der Waals surface area contributed by atoms with Crippen molar-refractivity contribution in [2.24, 2.45) is 0 Å². The molecular weight excluding hydrogens is 271 g/mol. The summed E-state index contributed by atoms with van der Waals surface area (Å²) in [5.41, 5.74) is 0.716. The average Bonchev–Trinajstić information content (AvgIpc) is 3.19. The summed E-state index contributed by atoms with van der Waals surface area (Å²) in [6.07, 6.45) is -1.73. The maximum absolute atomic E-state index is 12.5. The van der Waals surface area contributed by atoms with Crippen LogP contribution in [-0.2, 0) is 0 Å². The third kappa shape index (κ3) is 3.85. The fourth-order valence-electron chi connectivity index (χ4n) is 1.95. The van der Waals surface area contributed by atoms with Gasteiger partial charge in [-0.2, -0.15) is 13.2 Å². The first-order valence-electron chi connectivity index (χ1n) is 6.48. The molecule has 1 fully saturated rings. The molecule has 0 radical (unpaired) electrons. The largest absolute Gasteiger partial charge is 0.406 e. The number of pyridine rings is 1. The molecule has 0 saturated heterocycles. The fourth-order valence-corrected chi connectivity index (χ4v) is 1.95. The lowest BCUT2D eigenvalue weighted by molar-refractivity contribution is -0.141. The van der Waals surface area contributed by atoms with Crippen LogP contribution in [0.5, 0.6) is 0 Å². The number of anilines is 1. The van der Waals surface area contributed by atoms with Crippen LogP contribution >= 0.6 is 0 Å². The number of carbonyl (C=O) groups is 1. The standard InChI is InChI=1S/C13H16F3N3O/c1-2-17-9-5-6-18-11(7-9)12(20)19(10-3-4-10)8-13(14,15)16/h5-7,10H,2-4,8H2,1H3,(H,17,18). The molecule has 0 spiro atoms. The summed E-state index contributed by atoms with van der Waals surface area (Å²) in [7, 11) is 0. The number of rotatable bonds is 5. The molecule has 1 aliphatic rings. The van der Waals surface area contributed by atoms with E-state index in [-0.39, 0.29) is 11.7 Å². The molecule has 0 aromatic carbocycles. The van der Waals surface area contributed by atoms with Gasteiger partial charge in [-0.05, 0) is 31.9 Å². The van der Waals surface area contributed by atoms with Crippen LogP contribution in [0.15, 0.2) is 18.3 Å². The molecular formula is C13H16F3N3O. The molecule has 1 heterocycles. The van der Waals surface area contributed by atoms with Crippen LogP contribution in [0, 0.1) is 0 Å². The topological polar surface area (TPSA) is 45.2 Å². The summed E-state index contributed by atoms with van der Waals surface area (Å²) in [5, 5.41) is 3.00. The number of hydrogen-bond acceptors (Lipinski definition) is 3. The molecule has 1 saturated carbocycles. The molecule has 7 heteroatoms. The Morgan fingerprint density at radius 3 is 2.75 bits per heavy atom. The minimum atomic E-state index is -4.39. The van der Waals surface area contributed by atoms with Crippen molar-refractivity contribution < 1.29 is 18.0 Å². The fraction of sp³-hybridized carbons (Fsp3) is 0.538. The van der Waals surface area contributed by atoms with Crippen LogP contribution in [0.3, 0.4) is 0 Å². The van der Waals surface area contributed by atoms with Gasteiger partial charge in [-0.3, -0.25) is 9.78 Å². The zero-order valence-electron chi connectivity index (χ0n) is 11.1. The molecule has 1 amide bonds. The third-order valence-corrected chi connectivity index (χ3v) is 2.96. The van der Waals surface area contributed by atoms with Gasteiger partial charge < -0.3 is 10.2 Å². The Morgan fingerprint density at radius 2 is 2.20 bits per heavy atom. The van der Waals surface area contributed by atoms with E-state index in [1.54, 1.807) is 6.07 Å². The Morgan fingerprint density at radius 1 is 1.50 bits per heavy atom. The van der Waals surface area contributed by atoms with Crippen LogP contribution in [0.2, 0.25) is 0 Å². The first-order valence-corrected chi connectivity index (χ1v) is 6.48. The number of halogens is 3. The average molecular weight is 287 g/mol. The molecule has 4 nitrogen and oxygen atoms in total. The zero-order valence-corrected chi connectivity index (χ0v) is 11.1. The molecule has 2 rings (SSSR count). The van der Waals surface area contributed by atoms with Gasteiger partial charge in [-0.1, -0.05) is 0 Å². The SMILES string of the molecule is CCNc1ccnc(C(=O)N(CC(F)(F)F)C2CC2)c1. The molecule has 0 bridgehead atoms. The number of nitrogens with one attached hydrogen (secondary N) is 1. The number of amides is 1. The van der Waals surface area contributed by atoms with Gasteiger partial charge in [0.2, 0.25) is 0 Å². The maximum atomic E-state index is 12.5. The van der Waals surface area contributed by atoms with E-state index >= 15 is 0 Å². The molecule has 1 N–H and O–H groups in total. The number of alkyl halides is 3. The van der Waals surface area contributed by atoms with E-state index in [1.807, 2.05) is 6.92 Å². The Balaban J connectivity index is 2.16. The van der Waals surface area contributed by atoms with Crippen molar-refractivity contribution in [1.82, 2.24) is 9.88 Å². The van der Waals surface area contributed by atoms with E-state index in [0.717, 1.165) is 4.90 Å². The van der Waals surface area contributed by atoms with Crippen molar-refractivity contribution in [3.63, 3.8) is 0 Å². The highest BCUT2D eigenvalue weighted by Crippen LogP contribution is 2.31. The van der Waals surface area contributed by atoms with Gasteiger partial charge in [0.1, 0.15) is 12.2 Å². The molecule has 110 valence electrons. The van der Waals surface area contributed by atoms with Crippen LogP contribution in [0.4, 0.5) is 18.9 Å². The second kappa shape index (κ2) is 5.68. The predicted octanol–water partition coefficient (Wildman–Crippen LogP) is 2.68. The Labute approximate surface area is 115 Å². The van der Waals surface area contributed by atoms with E-state index in [4.69, 9.17) is 0 Å². The zero-order chi connectivity index (χ0) is 14.8. The van der Waals surface area contributed by atoms with E-state index < -0.39 is 18.6 Å². The molecule has 0 aliphatic heterocycles. The lowest BCUT2D eigenvalue weighted by atomic mass is 10.2. The monoisotopic (exact) mass is 287 g/mol. The first kappa shape index (κ1) is 14.6. The lowest BCUT2D eigenvalue weighted by Crippen LogP contribution is -2.40. The normalized spacial score (nSPS) is 15.0. The van der Waals surface area contributed by atoms with Crippen LogP contribution in [0.1, 0.15) is 30.3 Å². The number of nitrogens with zero attached hydrogens (tertiary/aromatic N) is 2. The number of aromatic nitrogens is 1. The van der Waals surface area contributed by atoms with Gasteiger partial charge in [-0.25, -0.2) is 0 Å². The molecule has 0 unspecified atom stereocenters. The highest BCUT2D eigenvalue weighted by atomic mass is 19.4. The highest BCUT2D eigenvalue weighted by molar-refractivity contribution is 5.93. The van der Waals surface area contributed by atoms with Crippen molar-refractivity contribution in [2.75, 3.05) is 18.4 Å². The van der Waals surface area contributed by atoms with Crippen LogP contribution < -0.4 is 5.32 Å². The number of carbonyl (C=O) groups excluding carboxylic acids is 1. The Bertz CT molecular complexity index is 486. The first-order chi connectivity index (χ1) is 9.40. The summed E-state index contributed by atoms with van der Waals surface area (Å²) >= 11 is 0. The van der Waals surface area contributed by atoms with Crippen molar-refractivity contribution in [2.45, 2.75) is 32.0 Å². The van der Waals surface area contributed by atoms with E-state index in [2.05, 4.69) is 10.3 Å². The smallest absolute Gasteiger partial charge is 0.385 e. The number of hydrogen-bond donors (Lipinski definition) is 1. The van der Waals surface area contributed by atoms with Gasteiger partial charge in [0.15, 0.2) is 0 Å². The van der Waals surface area contributed by atoms with Gasteiger partial charge in [-0.15, -0.1) is 0 Å². The van der Waals surface area contributed by atoms with E-state index in [0.29, 0.717) is 25.1 Å². The molecule has 20 heavy (non-hydrogen) atoms. The van der Waals surface area contributed by atoms with Crippen molar-refractivity contribution in [3.8, 4) is 0 Å². The maximum Gasteiger partial charge on any atom is 0.406 e. The van der Waals surface area contributed by atoms with Gasteiger partial charge in [0.25, 0.3) is 5.91 Å². The summed E-state index contributed by atoms with van der Waals surface area (Å²) in [6.45, 7) is 1.33. The molecule has 1 aliphatic carbocycles. The second-order valence-electron chi connectivity index (χ2n) is 4.74.